The molecule has 1 aliphatic heterocycles. The average Bonchev–Trinajstić information content (AvgIpc) is 2.56. The molecule has 1 unspecified atom stereocenters. The van der Waals surface area contributed by atoms with E-state index in [1.54, 1.807) is 17.9 Å². The maximum Gasteiger partial charge on any atom is 0.322 e. The molecule has 2 N–H and O–H groups in total. The van der Waals surface area contributed by atoms with Gasteiger partial charge in [0, 0.05) is 31.8 Å². The van der Waals surface area contributed by atoms with E-state index in [0.717, 1.165) is 19.3 Å². The van der Waals surface area contributed by atoms with Crippen LogP contribution in [0.2, 0.25) is 0 Å². The summed E-state index contributed by atoms with van der Waals surface area (Å²) in [6.07, 6.45) is 2.78. The summed E-state index contributed by atoms with van der Waals surface area (Å²) in [5, 5.41) is 5.48. The molecule has 3 amide bonds. The highest BCUT2D eigenvalue weighted by Gasteiger charge is 2.27. The zero-order valence-corrected chi connectivity index (χ0v) is 14.1. The molecule has 0 aromatic heterocycles. The Labute approximate surface area is 141 Å². The molecular weight excluding hydrogens is 313 g/mol. The van der Waals surface area contributed by atoms with Crippen LogP contribution < -0.4 is 15.4 Å². The highest BCUT2D eigenvalue weighted by atomic mass is 19.1. The van der Waals surface area contributed by atoms with Crippen LogP contribution >= 0.6 is 0 Å². The van der Waals surface area contributed by atoms with Crippen LogP contribution in [0.25, 0.3) is 0 Å². The van der Waals surface area contributed by atoms with Crippen LogP contribution in [-0.4, -0.2) is 42.6 Å². The van der Waals surface area contributed by atoms with Crippen molar-refractivity contribution in [3.8, 4) is 5.75 Å². The second-order valence-electron chi connectivity index (χ2n) is 5.79. The minimum absolute atomic E-state index is 0.0461. The third-order valence-electron chi connectivity index (χ3n) is 3.96. The van der Waals surface area contributed by atoms with Crippen LogP contribution in [0.15, 0.2) is 18.2 Å². The number of rotatable bonds is 5. The van der Waals surface area contributed by atoms with Gasteiger partial charge in [-0.1, -0.05) is 0 Å². The van der Waals surface area contributed by atoms with Crippen molar-refractivity contribution in [1.29, 1.82) is 0 Å². The highest BCUT2D eigenvalue weighted by molar-refractivity contribution is 5.89. The quantitative estimate of drug-likeness (QED) is 0.868. The summed E-state index contributed by atoms with van der Waals surface area (Å²) in [4.78, 5) is 25.3. The summed E-state index contributed by atoms with van der Waals surface area (Å²) < 4.78 is 19.0. The standard InChI is InChI=1S/C17H24FN3O3/c1-3-24-16-8-7-13(10-15(16)18)20-17(23)21-9-5-4-6-14(21)11-19-12(2)22/h7-8,10,14H,3-6,9,11H2,1-2H3,(H,19,22)(H,20,23). The summed E-state index contributed by atoms with van der Waals surface area (Å²) in [6.45, 7) is 4.66. The van der Waals surface area contributed by atoms with E-state index >= 15 is 0 Å². The highest BCUT2D eigenvalue weighted by Crippen LogP contribution is 2.23. The number of hydrogen-bond donors (Lipinski definition) is 2. The second kappa shape index (κ2) is 8.52. The number of carbonyl (C=O) groups is 2. The maximum absolute atomic E-state index is 13.9. The zero-order valence-electron chi connectivity index (χ0n) is 14.1. The molecular formula is C17H24FN3O3. The summed E-state index contributed by atoms with van der Waals surface area (Å²) in [7, 11) is 0. The number of nitrogens with one attached hydrogen (secondary N) is 2. The molecule has 1 heterocycles. The number of likely N-dealkylation sites (tertiary alicyclic amines) is 1. The van der Waals surface area contributed by atoms with Gasteiger partial charge in [-0.15, -0.1) is 0 Å². The SMILES string of the molecule is CCOc1ccc(NC(=O)N2CCCCC2CNC(C)=O)cc1F. The molecule has 0 bridgehead atoms. The molecule has 1 aromatic rings. The smallest absolute Gasteiger partial charge is 0.322 e. The van der Waals surface area contributed by atoms with Crippen molar-refractivity contribution in [3.63, 3.8) is 0 Å². The lowest BCUT2D eigenvalue weighted by atomic mass is 10.0. The molecule has 132 valence electrons. The predicted octanol–water partition coefficient (Wildman–Crippen LogP) is 2.75. The van der Waals surface area contributed by atoms with Crippen molar-refractivity contribution in [2.75, 3.05) is 25.0 Å². The molecule has 0 radical (unpaired) electrons. The molecule has 1 atom stereocenters. The summed E-state index contributed by atoms with van der Waals surface area (Å²) in [5.41, 5.74) is 0.379. The second-order valence-corrected chi connectivity index (χ2v) is 5.79. The van der Waals surface area contributed by atoms with E-state index < -0.39 is 5.82 Å². The van der Waals surface area contributed by atoms with Gasteiger partial charge in [-0.05, 0) is 38.3 Å². The van der Waals surface area contributed by atoms with E-state index in [4.69, 9.17) is 4.74 Å². The fourth-order valence-corrected chi connectivity index (χ4v) is 2.79. The van der Waals surface area contributed by atoms with Crippen LogP contribution in [0.4, 0.5) is 14.9 Å². The van der Waals surface area contributed by atoms with Crippen molar-refractivity contribution < 1.29 is 18.7 Å². The summed E-state index contributed by atoms with van der Waals surface area (Å²) >= 11 is 0. The maximum atomic E-state index is 13.9. The molecule has 2 rings (SSSR count). The molecule has 1 aromatic carbocycles. The minimum atomic E-state index is -0.511. The van der Waals surface area contributed by atoms with Crippen molar-refractivity contribution >= 4 is 17.6 Å². The fourth-order valence-electron chi connectivity index (χ4n) is 2.79. The Morgan fingerprint density at radius 3 is 2.83 bits per heavy atom. The number of benzene rings is 1. The molecule has 1 aliphatic rings. The summed E-state index contributed by atoms with van der Waals surface area (Å²) in [6, 6.07) is 4.03. The molecule has 7 heteroatoms. The molecule has 24 heavy (non-hydrogen) atoms. The predicted molar refractivity (Wildman–Crippen MR) is 89.6 cm³/mol. The first-order valence-corrected chi connectivity index (χ1v) is 8.25. The number of anilines is 1. The van der Waals surface area contributed by atoms with Gasteiger partial charge in [0.15, 0.2) is 11.6 Å². The lowest BCUT2D eigenvalue weighted by Crippen LogP contribution is -2.50. The Morgan fingerprint density at radius 2 is 2.17 bits per heavy atom. The number of hydrogen-bond acceptors (Lipinski definition) is 3. The third kappa shape index (κ3) is 4.84. The van der Waals surface area contributed by atoms with Crippen molar-refractivity contribution in [1.82, 2.24) is 10.2 Å². The van der Waals surface area contributed by atoms with Gasteiger partial charge >= 0.3 is 6.03 Å². The van der Waals surface area contributed by atoms with Gasteiger partial charge in [-0.3, -0.25) is 4.79 Å². The normalized spacial score (nSPS) is 17.3. The summed E-state index contributed by atoms with van der Waals surface area (Å²) in [5.74, 6) is -0.463. The Morgan fingerprint density at radius 1 is 1.38 bits per heavy atom. The lowest BCUT2D eigenvalue weighted by Gasteiger charge is -2.35. The number of piperidine rings is 1. The number of urea groups is 1. The molecule has 0 spiro atoms. The minimum Gasteiger partial charge on any atom is -0.491 e. The molecule has 0 saturated carbocycles. The Bertz CT molecular complexity index is 594. The number of ether oxygens (including phenoxy) is 1. The van der Waals surface area contributed by atoms with Gasteiger partial charge in [0.25, 0.3) is 0 Å². The lowest BCUT2D eigenvalue weighted by molar-refractivity contribution is -0.119. The van der Waals surface area contributed by atoms with E-state index in [-0.39, 0.29) is 23.7 Å². The van der Waals surface area contributed by atoms with Crippen molar-refractivity contribution in [2.24, 2.45) is 0 Å². The van der Waals surface area contributed by atoms with Crippen molar-refractivity contribution in [2.45, 2.75) is 39.2 Å². The van der Waals surface area contributed by atoms with Gasteiger partial charge in [0.2, 0.25) is 5.91 Å². The van der Waals surface area contributed by atoms with Crippen LogP contribution in [0.5, 0.6) is 5.75 Å². The Kier molecular flexibility index (Phi) is 6.40. The first kappa shape index (κ1) is 18.0. The zero-order chi connectivity index (χ0) is 17.5. The van der Waals surface area contributed by atoms with Gasteiger partial charge in [-0.25, -0.2) is 9.18 Å². The van der Waals surface area contributed by atoms with Gasteiger partial charge in [0.05, 0.1) is 12.6 Å². The Hall–Kier alpha value is -2.31. The van der Waals surface area contributed by atoms with Gasteiger partial charge < -0.3 is 20.3 Å². The van der Waals surface area contributed by atoms with E-state index in [9.17, 15) is 14.0 Å². The van der Waals surface area contributed by atoms with E-state index in [1.165, 1.54) is 19.1 Å². The largest absolute Gasteiger partial charge is 0.491 e. The number of amides is 3. The average molecular weight is 337 g/mol. The van der Waals surface area contributed by atoms with Gasteiger partial charge in [-0.2, -0.15) is 0 Å². The van der Waals surface area contributed by atoms with Crippen LogP contribution in [0.3, 0.4) is 0 Å². The van der Waals surface area contributed by atoms with E-state index in [1.807, 2.05) is 0 Å². The number of halogens is 1. The third-order valence-corrected chi connectivity index (χ3v) is 3.96. The first-order chi connectivity index (χ1) is 11.5. The van der Waals surface area contributed by atoms with Crippen molar-refractivity contribution in [3.05, 3.63) is 24.0 Å². The van der Waals surface area contributed by atoms with Crippen LogP contribution in [0.1, 0.15) is 33.1 Å². The van der Waals surface area contributed by atoms with E-state index in [0.29, 0.717) is 25.4 Å². The molecule has 6 nitrogen and oxygen atoms in total. The monoisotopic (exact) mass is 337 g/mol. The van der Waals surface area contributed by atoms with Crippen LogP contribution in [-0.2, 0) is 4.79 Å². The molecule has 1 fully saturated rings. The Balaban J connectivity index is 2.01. The fraction of sp³-hybridized carbons (Fsp3) is 0.529. The molecule has 1 saturated heterocycles. The first-order valence-electron chi connectivity index (χ1n) is 8.25. The van der Waals surface area contributed by atoms with E-state index in [2.05, 4.69) is 10.6 Å². The number of carbonyl (C=O) groups excluding carboxylic acids is 2. The topological polar surface area (TPSA) is 70.7 Å². The van der Waals surface area contributed by atoms with Crippen LogP contribution in [0, 0.1) is 5.82 Å². The molecule has 0 aliphatic carbocycles. The van der Waals surface area contributed by atoms with Gasteiger partial charge in [0.1, 0.15) is 0 Å². The number of nitrogens with zero attached hydrogens (tertiary/aromatic N) is 1.